The lowest BCUT2D eigenvalue weighted by Crippen LogP contribution is -2.50. The molecule has 4 rings (SSSR count). The van der Waals surface area contributed by atoms with E-state index in [1.54, 1.807) is 24.3 Å². The van der Waals surface area contributed by atoms with Crippen LogP contribution in [0.3, 0.4) is 0 Å². The average molecular weight is 580 g/mol. The predicted molar refractivity (Wildman–Crippen MR) is 155 cm³/mol. The lowest BCUT2D eigenvalue weighted by molar-refractivity contribution is -0.123. The highest BCUT2D eigenvalue weighted by atomic mass is 32.2. The van der Waals surface area contributed by atoms with Crippen LogP contribution in [0.25, 0.3) is 0 Å². The molecule has 0 saturated carbocycles. The average Bonchev–Trinajstić information content (AvgIpc) is 2.96. The minimum Gasteiger partial charge on any atom is -0.496 e. The van der Waals surface area contributed by atoms with Gasteiger partial charge in [-0.3, -0.25) is 9.69 Å². The largest absolute Gasteiger partial charge is 0.496 e. The van der Waals surface area contributed by atoms with E-state index in [-0.39, 0.29) is 47.2 Å². The molecule has 0 amide bonds. The van der Waals surface area contributed by atoms with Gasteiger partial charge in [-0.05, 0) is 57.2 Å². The second-order valence-electron chi connectivity index (χ2n) is 8.88. The summed E-state index contributed by atoms with van der Waals surface area (Å²) in [6, 6.07) is 11.1. The second kappa shape index (κ2) is 16.4. The number of hydrogen-bond acceptors (Lipinski definition) is 8. The maximum Gasteiger partial charge on any atom is 0.244 e. The number of ether oxygens (including phenoxy) is 3. The number of sulfonamides is 1. The number of fused-ring (bicyclic) bond motifs is 1. The zero-order chi connectivity index (χ0) is 29.7. The van der Waals surface area contributed by atoms with Crippen molar-refractivity contribution in [3.05, 3.63) is 67.0 Å². The van der Waals surface area contributed by atoms with Crippen LogP contribution in [0, 0.1) is 5.82 Å². The third-order valence-corrected chi connectivity index (χ3v) is 8.34. The maximum atomic E-state index is 13.1. The molecule has 9 nitrogen and oxygen atoms in total. The van der Waals surface area contributed by atoms with Gasteiger partial charge in [0.15, 0.2) is 12.1 Å². The smallest absolute Gasteiger partial charge is 0.244 e. The Balaban J connectivity index is 0.000000484. The summed E-state index contributed by atoms with van der Waals surface area (Å²) < 4.78 is 55.7. The highest BCUT2D eigenvalue weighted by Crippen LogP contribution is 2.32. The number of benzene rings is 2. The number of halogens is 1. The normalized spacial score (nSPS) is 16.9. The summed E-state index contributed by atoms with van der Waals surface area (Å²) in [7, 11) is -2.32. The van der Waals surface area contributed by atoms with Gasteiger partial charge >= 0.3 is 0 Å². The van der Waals surface area contributed by atoms with Crippen LogP contribution < -0.4 is 9.64 Å². The van der Waals surface area contributed by atoms with Crippen LogP contribution >= 0.6 is 0 Å². The molecule has 1 saturated heterocycles. The van der Waals surface area contributed by atoms with E-state index < -0.39 is 10.0 Å². The highest BCUT2D eigenvalue weighted by Gasteiger charge is 2.38. The Morgan fingerprint density at radius 2 is 1.55 bits per heavy atom. The molecule has 40 heavy (non-hydrogen) atoms. The van der Waals surface area contributed by atoms with Crippen molar-refractivity contribution in [1.82, 2.24) is 9.21 Å². The van der Waals surface area contributed by atoms with Gasteiger partial charge in [0.05, 0.1) is 24.1 Å². The molecular formula is C29H42FN3O6S. The fraction of sp³-hybridized carbons (Fsp3) is 0.483. The molecule has 2 heterocycles. The van der Waals surface area contributed by atoms with Crippen molar-refractivity contribution in [2.75, 3.05) is 71.0 Å². The molecule has 222 valence electrons. The van der Waals surface area contributed by atoms with E-state index in [0.29, 0.717) is 6.54 Å². The predicted octanol–water partition coefficient (Wildman–Crippen LogP) is 4.05. The van der Waals surface area contributed by atoms with Gasteiger partial charge in [-0.25, -0.2) is 12.8 Å². The van der Waals surface area contributed by atoms with Crippen molar-refractivity contribution in [3.63, 3.8) is 0 Å². The minimum atomic E-state index is -3.75. The molecule has 0 atom stereocenters. The molecule has 0 unspecified atom stereocenters. The lowest BCUT2D eigenvalue weighted by Gasteiger charge is -2.37. The third kappa shape index (κ3) is 8.84. The Labute approximate surface area is 238 Å². The summed E-state index contributed by atoms with van der Waals surface area (Å²) >= 11 is 0. The van der Waals surface area contributed by atoms with E-state index in [2.05, 4.69) is 23.0 Å². The molecule has 0 N–H and O–H groups in total. The van der Waals surface area contributed by atoms with E-state index in [1.165, 1.54) is 29.6 Å². The van der Waals surface area contributed by atoms with Gasteiger partial charge in [-0.1, -0.05) is 6.07 Å². The molecule has 0 radical (unpaired) electrons. The topological polar surface area (TPSA) is 88.6 Å². The molecule has 2 aliphatic rings. The van der Waals surface area contributed by atoms with Gasteiger partial charge in [-0.2, -0.15) is 4.31 Å². The van der Waals surface area contributed by atoms with E-state index in [9.17, 15) is 17.6 Å². The molecule has 0 spiro atoms. The van der Waals surface area contributed by atoms with Gasteiger partial charge in [0.1, 0.15) is 11.6 Å². The number of ketones is 1. The van der Waals surface area contributed by atoms with Crippen LogP contribution in [0.1, 0.15) is 31.1 Å². The number of carbonyl (C=O) groups is 1. The molecule has 1 fully saturated rings. The number of rotatable bonds is 9. The van der Waals surface area contributed by atoms with Crippen molar-refractivity contribution in [1.29, 1.82) is 0 Å². The summed E-state index contributed by atoms with van der Waals surface area (Å²) in [6.45, 7) is 17.0. The molecule has 11 heteroatoms. The molecule has 2 aromatic carbocycles. The standard InChI is InChI=1S/C21H24FN3O4S.C6H14O2.C2H4/c1-29-19-3-2-4-20-21(19)18(26)15-25(30(20,27)28)14-11-23-9-12-24(13-10-23)17-7-5-16(22)6-8-17;1-4-7-6(3)8-5-2;1-2/h2-8H,9-15H2,1H3;6H,4-5H2,1-3H3;1-2H2. The first-order chi connectivity index (χ1) is 19.2. The quantitative estimate of drug-likeness (QED) is 0.325. The number of carbonyl (C=O) groups excluding carboxylic acids is 1. The number of nitrogens with zero attached hydrogens (tertiary/aromatic N) is 3. The summed E-state index contributed by atoms with van der Waals surface area (Å²) in [5.41, 5.74) is 1.12. The monoisotopic (exact) mass is 579 g/mol. The van der Waals surface area contributed by atoms with E-state index in [0.717, 1.165) is 45.1 Å². The minimum absolute atomic E-state index is 0.0132. The van der Waals surface area contributed by atoms with E-state index in [1.807, 2.05) is 20.8 Å². The molecule has 2 aromatic rings. The first-order valence-electron chi connectivity index (χ1n) is 13.4. The number of hydrogen-bond donors (Lipinski definition) is 0. The summed E-state index contributed by atoms with van der Waals surface area (Å²) in [5, 5.41) is 0. The van der Waals surface area contributed by atoms with Gasteiger partial charge in [-0.15, -0.1) is 13.2 Å². The Morgan fingerprint density at radius 3 is 2.10 bits per heavy atom. The van der Waals surface area contributed by atoms with Crippen molar-refractivity contribution < 1.29 is 31.8 Å². The summed E-state index contributed by atoms with van der Waals surface area (Å²) in [6.07, 6.45) is -0.0370. The summed E-state index contributed by atoms with van der Waals surface area (Å²) in [4.78, 5) is 17.0. The van der Waals surface area contributed by atoms with Crippen molar-refractivity contribution in [3.8, 4) is 5.75 Å². The number of methoxy groups -OCH3 is 1. The Kier molecular flexibility index (Phi) is 13.7. The fourth-order valence-electron chi connectivity index (χ4n) is 4.49. The highest BCUT2D eigenvalue weighted by molar-refractivity contribution is 7.89. The lowest BCUT2D eigenvalue weighted by atomic mass is 10.1. The van der Waals surface area contributed by atoms with Crippen molar-refractivity contribution >= 4 is 21.5 Å². The third-order valence-electron chi connectivity index (χ3n) is 6.46. The molecule has 2 aliphatic heterocycles. The zero-order valence-electron chi connectivity index (χ0n) is 24.0. The van der Waals surface area contributed by atoms with Gasteiger partial charge in [0.25, 0.3) is 0 Å². The van der Waals surface area contributed by atoms with Crippen LogP contribution in [0.4, 0.5) is 10.1 Å². The Morgan fingerprint density at radius 1 is 0.950 bits per heavy atom. The zero-order valence-corrected chi connectivity index (χ0v) is 24.8. The first kappa shape index (κ1) is 33.4. The van der Waals surface area contributed by atoms with Gasteiger partial charge in [0.2, 0.25) is 10.0 Å². The van der Waals surface area contributed by atoms with Crippen LogP contribution in [-0.4, -0.2) is 95.8 Å². The number of Topliss-reactive ketones (excluding diaryl/α,β-unsaturated/α-hetero) is 1. The first-order valence-corrected chi connectivity index (χ1v) is 14.8. The summed E-state index contributed by atoms with van der Waals surface area (Å²) in [5.74, 6) is -0.218. The van der Waals surface area contributed by atoms with Crippen molar-refractivity contribution in [2.24, 2.45) is 0 Å². The maximum absolute atomic E-state index is 13.1. The van der Waals surface area contributed by atoms with Gasteiger partial charge in [0, 0.05) is 58.2 Å². The second-order valence-corrected chi connectivity index (χ2v) is 10.8. The number of piperazine rings is 1. The molecule has 0 bridgehead atoms. The SMILES string of the molecule is C=C.CCOC(C)OCC.COc1cccc2c1C(=O)CN(CCN1CCN(c3ccc(F)cc3)CC1)S2(=O)=O. The molecular weight excluding hydrogens is 537 g/mol. The van der Waals surface area contributed by atoms with E-state index in [4.69, 9.17) is 14.2 Å². The Bertz CT molecular complexity index is 1160. The van der Waals surface area contributed by atoms with Crippen LogP contribution in [-0.2, 0) is 19.5 Å². The Hall–Kier alpha value is -2.83. The van der Waals surface area contributed by atoms with Crippen LogP contribution in [0.5, 0.6) is 5.75 Å². The van der Waals surface area contributed by atoms with E-state index >= 15 is 0 Å². The number of anilines is 1. The molecule has 0 aliphatic carbocycles. The van der Waals surface area contributed by atoms with Gasteiger partial charge < -0.3 is 19.1 Å². The fourth-order valence-corrected chi connectivity index (χ4v) is 6.10. The van der Waals surface area contributed by atoms with Crippen LogP contribution in [0.2, 0.25) is 0 Å². The molecule has 0 aromatic heterocycles. The van der Waals surface area contributed by atoms with Crippen molar-refractivity contribution in [2.45, 2.75) is 32.0 Å². The van der Waals surface area contributed by atoms with Crippen LogP contribution in [0.15, 0.2) is 60.5 Å².